The molecule has 25 heavy (non-hydrogen) atoms. The standard InChI is InChI=1S/C21H25N3O/c1-16-18-6-2-3-7-19(18)23-20(16)14-24-12-9-17(10-13-24)15-25-21-8-4-5-11-22-21/h2-8,11,17,23H,9-10,12-15H2,1H3. The molecule has 0 aliphatic carbocycles. The fraction of sp³-hybridized carbons (Fsp3) is 0.381. The minimum atomic E-state index is 0.627. The number of hydrogen-bond acceptors (Lipinski definition) is 3. The van der Waals surface area contributed by atoms with E-state index in [1.807, 2.05) is 18.2 Å². The number of ether oxygens (including phenoxy) is 1. The van der Waals surface area contributed by atoms with Gasteiger partial charge < -0.3 is 9.72 Å². The number of para-hydroxylation sites is 1. The van der Waals surface area contributed by atoms with Gasteiger partial charge in [0.05, 0.1) is 6.61 Å². The summed E-state index contributed by atoms with van der Waals surface area (Å²) in [7, 11) is 0. The molecule has 0 radical (unpaired) electrons. The van der Waals surface area contributed by atoms with Crippen molar-refractivity contribution >= 4 is 10.9 Å². The molecule has 4 rings (SSSR count). The molecule has 0 spiro atoms. The highest BCUT2D eigenvalue weighted by molar-refractivity contribution is 5.84. The Hall–Kier alpha value is -2.33. The average molecular weight is 335 g/mol. The van der Waals surface area contributed by atoms with Gasteiger partial charge in [-0.15, -0.1) is 0 Å². The molecule has 0 atom stereocenters. The summed E-state index contributed by atoms with van der Waals surface area (Å²) in [4.78, 5) is 10.4. The number of rotatable bonds is 5. The van der Waals surface area contributed by atoms with Crippen molar-refractivity contribution < 1.29 is 4.74 Å². The third-order valence-electron chi connectivity index (χ3n) is 5.26. The number of nitrogens with one attached hydrogen (secondary N) is 1. The highest BCUT2D eigenvalue weighted by Gasteiger charge is 2.21. The SMILES string of the molecule is Cc1c(CN2CCC(COc3ccccn3)CC2)[nH]c2ccccc12. The number of hydrogen-bond donors (Lipinski definition) is 1. The third-order valence-corrected chi connectivity index (χ3v) is 5.26. The first kappa shape index (κ1) is 16.2. The van der Waals surface area contributed by atoms with Crippen molar-refractivity contribution in [3.8, 4) is 5.88 Å². The average Bonchev–Trinajstić information content (AvgIpc) is 2.98. The highest BCUT2D eigenvalue weighted by atomic mass is 16.5. The fourth-order valence-electron chi connectivity index (χ4n) is 3.67. The summed E-state index contributed by atoms with van der Waals surface area (Å²) >= 11 is 0. The Morgan fingerprint density at radius 2 is 1.92 bits per heavy atom. The predicted molar refractivity (Wildman–Crippen MR) is 101 cm³/mol. The monoisotopic (exact) mass is 335 g/mol. The van der Waals surface area contributed by atoms with Crippen LogP contribution in [0.1, 0.15) is 24.1 Å². The van der Waals surface area contributed by atoms with E-state index in [0.717, 1.165) is 32.1 Å². The molecule has 4 heteroatoms. The lowest BCUT2D eigenvalue weighted by molar-refractivity contribution is 0.133. The summed E-state index contributed by atoms with van der Waals surface area (Å²) < 4.78 is 5.82. The van der Waals surface area contributed by atoms with Crippen LogP contribution in [0.5, 0.6) is 5.88 Å². The number of benzene rings is 1. The molecule has 4 nitrogen and oxygen atoms in total. The molecule has 0 bridgehead atoms. The largest absolute Gasteiger partial charge is 0.477 e. The molecular formula is C21H25N3O. The van der Waals surface area contributed by atoms with E-state index >= 15 is 0 Å². The lowest BCUT2D eigenvalue weighted by Crippen LogP contribution is -2.35. The Labute approximate surface area is 148 Å². The van der Waals surface area contributed by atoms with Crippen LogP contribution in [-0.2, 0) is 6.54 Å². The van der Waals surface area contributed by atoms with Crippen LogP contribution < -0.4 is 4.74 Å². The van der Waals surface area contributed by atoms with Crippen LogP contribution >= 0.6 is 0 Å². The molecule has 0 saturated carbocycles. The van der Waals surface area contributed by atoms with Crippen LogP contribution in [0.4, 0.5) is 0 Å². The lowest BCUT2D eigenvalue weighted by Gasteiger charge is -2.31. The fourth-order valence-corrected chi connectivity index (χ4v) is 3.67. The zero-order valence-corrected chi connectivity index (χ0v) is 14.7. The van der Waals surface area contributed by atoms with E-state index in [1.165, 1.54) is 35.0 Å². The van der Waals surface area contributed by atoms with Crippen molar-refractivity contribution in [2.24, 2.45) is 5.92 Å². The van der Waals surface area contributed by atoms with Crippen molar-refractivity contribution in [2.45, 2.75) is 26.3 Å². The maximum atomic E-state index is 5.82. The number of fused-ring (bicyclic) bond motifs is 1. The molecule has 1 N–H and O–H groups in total. The van der Waals surface area contributed by atoms with E-state index in [1.54, 1.807) is 6.20 Å². The summed E-state index contributed by atoms with van der Waals surface area (Å²) in [5, 5.41) is 1.34. The molecule has 0 amide bonds. The van der Waals surface area contributed by atoms with Gasteiger partial charge in [-0.3, -0.25) is 4.90 Å². The van der Waals surface area contributed by atoms with E-state index in [2.05, 4.69) is 46.1 Å². The normalized spacial score (nSPS) is 16.4. The van der Waals surface area contributed by atoms with Gasteiger partial charge in [0, 0.05) is 35.4 Å². The van der Waals surface area contributed by atoms with Crippen molar-refractivity contribution in [1.29, 1.82) is 0 Å². The van der Waals surface area contributed by atoms with Gasteiger partial charge in [0.2, 0.25) is 5.88 Å². The summed E-state index contributed by atoms with van der Waals surface area (Å²) in [5.41, 5.74) is 3.98. The van der Waals surface area contributed by atoms with Gasteiger partial charge in [-0.05, 0) is 56.5 Å². The summed E-state index contributed by atoms with van der Waals surface area (Å²) in [5.74, 6) is 1.36. The molecule has 2 aromatic heterocycles. The Balaban J connectivity index is 1.30. The van der Waals surface area contributed by atoms with Gasteiger partial charge in [0.1, 0.15) is 0 Å². The first-order chi connectivity index (χ1) is 12.3. The number of pyridine rings is 1. The number of likely N-dealkylation sites (tertiary alicyclic amines) is 1. The maximum Gasteiger partial charge on any atom is 0.213 e. The van der Waals surface area contributed by atoms with Crippen molar-refractivity contribution in [2.75, 3.05) is 19.7 Å². The first-order valence-electron chi connectivity index (χ1n) is 9.12. The van der Waals surface area contributed by atoms with Gasteiger partial charge >= 0.3 is 0 Å². The minimum Gasteiger partial charge on any atom is -0.477 e. The molecule has 1 saturated heterocycles. The molecule has 1 fully saturated rings. The zero-order chi connectivity index (χ0) is 17.1. The maximum absolute atomic E-state index is 5.82. The molecular weight excluding hydrogens is 310 g/mol. The van der Waals surface area contributed by atoms with Gasteiger partial charge in [0.15, 0.2) is 0 Å². The second-order valence-corrected chi connectivity index (χ2v) is 6.97. The number of aryl methyl sites for hydroxylation is 1. The van der Waals surface area contributed by atoms with Crippen LogP contribution in [0.2, 0.25) is 0 Å². The predicted octanol–water partition coefficient (Wildman–Crippen LogP) is 4.16. The van der Waals surface area contributed by atoms with Crippen LogP contribution in [-0.4, -0.2) is 34.6 Å². The van der Waals surface area contributed by atoms with Gasteiger partial charge in [-0.1, -0.05) is 24.3 Å². The Bertz CT molecular complexity index is 820. The topological polar surface area (TPSA) is 41.1 Å². The van der Waals surface area contributed by atoms with E-state index in [9.17, 15) is 0 Å². The summed E-state index contributed by atoms with van der Waals surface area (Å²) in [6.07, 6.45) is 4.15. The smallest absolute Gasteiger partial charge is 0.213 e. The Morgan fingerprint density at radius 1 is 1.12 bits per heavy atom. The number of piperidine rings is 1. The van der Waals surface area contributed by atoms with Gasteiger partial charge in [-0.25, -0.2) is 4.98 Å². The van der Waals surface area contributed by atoms with E-state index in [0.29, 0.717) is 5.92 Å². The number of aromatic nitrogens is 2. The first-order valence-corrected chi connectivity index (χ1v) is 9.12. The van der Waals surface area contributed by atoms with E-state index in [-0.39, 0.29) is 0 Å². The highest BCUT2D eigenvalue weighted by Crippen LogP contribution is 2.25. The molecule has 130 valence electrons. The minimum absolute atomic E-state index is 0.627. The van der Waals surface area contributed by atoms with Crippen LogP contribution in [0.15, 0.2) is 48.7 Å². The van der Waals surface area contributed by atoms with Crippen LogP contribution in [0.3, 0.4) is 0 Å². The molecule has 1 aliphatic heterocycles. The Kier molecular flexibility index (Phi) is 4.70. The van der Waals surface area contributed by atoms with E-state index in [4.69, 9.17) is 4.74 Å². The van der Waals surface area contributed by atoms with Crippen LogP contribution in [0.25, 0.3) is 10.9 Å². The quantitative estimate of drug-likeness (QED) is 0.761. The molecule has 1 aliphatic rings. The molecule has 3 aromatic rings. The summed E-state index contributed by atoms with van der Waals surface area (Å²) in [6.45, 7) is 6.27. The van der Waals surface area contributed by atoms with Gasteiger partial charge in [0.25, 0.3) is 0 Å². The van der Waals surface area contributed by atoms with E-state index < -0.39 is 0 Å². The second kappa shape index (κ2) is 7.28. The molecule has 0 unspecified atom stereocenters. The van der Waals surface area contributed by atoms with Crippen molar-refractivity contribution in [3.63, 3.8) is 0 Å². The second-order valence-electron chi connectivity index (χ2n) is 6.97. The number of aromatic amines is 1. The van der Waals surface area contributed by atoms with Crippen molar-refractivity contribution in [3.05, 3.63) is 59.9 Å². The molecule has 3 heterocycles. The summed E-state index contributed by atoms with van der Waals surface area (Å²) in [6, 6.07) is 14.4. The van der Waals surface area contributed by atoms with Crippen LogP contribution in [0, 0.1) is 12.8 Å². The number of nitrogens with zero attached hydrogens (tertiary/aromatic N) is 2. The molecule has 1 aromatic carbocycles. The Morgan fingerprint density at radius 3 is 2.68 bits per heavy atom. The third kappa shape index (κ3) is 3.69. The van der Waals surface area contributed by atoms with Crippen molar-refractivity contribution in [1.82, 2.24) is 14.9 Å². The van der Waals surface area contributed by atoms with Gasteiger partial charge in [-0.2, -0.15) is 0 Å². The number of H-pyrrole nitrogens is 1. The zero-order valence-electron chi connectivity index (χ0n) is 14.7. The lowest BCUT2D eigenvalue weighted by atomic mass is 9.97.